The van der Waals surface area contributed by atoms with Crippen LogP contribution < -0.4 is 5.32 Å². The molecule has 0 atom stereocenters. The molecule has 0 aromatic heterocycles. The lowest BCUT2D eigenvalue weighted by atomic mass is 10.1. The molecule has 19 heavy (non-hydrogen) atoms. The third-order valence-corrected chi connectivity index (χ3v) is 3.40. The van der Waals surface area contributed by atoms with Crippen molar-refractivity contribution in [2.45, 2.75) is 4.90 Å². The average Bonchev–Trinajstić information content (AvgIpc) is 2.47. The Morgan fingerprint density at radius 3 is 2.74 bits per heavy atom. The number of para-hydroxylation sites is 1. The van der Waals surface area contributed by atoms with Crippen LogP contribution in [0, 0.1) is 11.3 Å². The largest absolute Gasteiger partial charge is 0.321 e. The molecule has 0 aliphatic carbocycles. The molecule has 0 unspecified atom stereocenters. The highest BCUT2D eigenvalue weighted by Gasteiger charge is 2.08. The maximum Gasteiger partial charge on any atom is 0.255 e. The quantitative estimate of drug-likeness (QED) is 0.866. The summed E-state index contributed by atoms with van der Waals surface area (Å²) in [7, 11) is 0. The van der Waals surface area contributed by atoms with E-state index in [0.717, 1.165) is 10.6 Å². The van der Waals surface area contributed by atoms with Gasteiger partial charge in [0.05, 0.1) is 17.3 Å². The van der Waals surface area contributed by atoms with E-state index in [0.29, 0.717) is 11.1 Å². The maximum atomic E-state index is 12.1. The first-order valence-electron chi connectivity index (χ1n) is 5.69. The van der Waals surface area contributed by atoms with Crippen LogP contribution >= 0.6 is 11.8 Å². The highest BCUT2D eigenvalue weighted by atomic mass is 32.2. The second-order valence-corrected chi connectivity index (χ2v) is 4.70. The first kappa shape index (κ1) is 13.2. The zero-order chi connectivity index (χ0) is 13.7. The number of thioether (sulfide) groups is 1. The summed E-state index contributed by atoms with van der Waals surface area (Å²) < 4.78 is 0. The molecule has 0 aliphatic rings. The smallest absolute Gasteiger partial charge is 0.255 e. The van der Waals surface area contributed by atoms with Gasteiger partial charge in [0.25, 0.3) is 5.91 Å². The molecule has 0 radical (unpaired) electrons. The molecule has 0 saturated heterocycles. The minimum absolute atomic E-state index is 0.210. The van der Waals surface area contributed by atoms with Crippen molar-refractivity contribution < 1.29 is 4.79 Å². The van der Waals surface area contributed by atoms with Crippen LogP contribution in [0.4, 0.5) is 5.69 Å². The Kier molecular flexibility index (Phi) is 4.22. The number of anilines is 1. The number of amides is 1. The van der Waals surface area contributed by atoms with Gasteiger partial charge in [0.2, 0.25) is 0 Å². The zero-order valence-electron chi connectivity index (χ0n) is 10.4. The fraction of sp³-hybridized carbons (Fsp3) is 0.0667. The lowest BCUT2D eigenvalue weighted by molar-refractivity contribution is 0.102. The molecule has 0 fully saturated rings. The van der Waals surface area contributed by atoms with Crippen LogP contribution in [0.25, 0.3) is 0 Å². The summed E-state index contributed by atoms with van der Waals surface area (Å²) in [5.74, 6) is -0.210. The first-order valence-corrected chi connectivity index (χ1v) is 6.91. The van der Waals surface area contributed by atoms with Gasteiger partial charge in [-0.3, -0.25) is 4.79 Å². The number of nitriles is 1. The van der Waals surface area contributed by atoms with Crippen molar-refractivity contribution in [2.75, 3.05) is 11.6 Å². The first-order chi connectivity index (χ1) is 9.24. The molecular weight excluding hydrogens is 256 g/mol. The summed E-state index contributed by atoms with van der Waals surface area (Å²) in [6, 6.07) is 16.3. The second-order valence-electron chi connectivity index (χ2n) is 3.85. The van der Waals surface area contributed by atoms with E-state index in [9.17, 15) is 4.79 Å². The fourth-order valence-corrected chi connectivity index (χ4v) is 2.23. The summed E-state index contributed by atoms with van der Waals surface area (Å²) in [5.41, 5.74) is 1.74. The standard InChI is InChI=1S/C15H12N2OS/c1-19-14-8-3-2-7-13(14)17-15(18)12-6-4-5-11(9-12)10-16/h2-9H,1H3,(H,17,18). The highest BCUT2D eigenvalue weighted by molar-refractivity contribution is 7.98. The van der Waals surface area contributed by atoms with E-state index in [2.05, 4.69) is 5.32 Å². The normalized spacial score (nSPS) is 9.68. The molecule has 2 rings (SSSR count). The molecule has 0 heterocycles. The molecule has 0 bridgehead atoms. The van der Waals surface area contributed by atoms with Gasteiger partial charge >= 0.3 is 0 Å². The van der Waals surface area contributed by atoms with Crippen molar-refractivity contribution >= 4 is 23.4 Å². The van der Waals surface area contributed by atoms with Crippen LogP contribution in [0.1, 0.15) is 15.9 Å². The van der Waals surface area contributed by atoms with E-state index >= 15 is 0 Å². The third-order valence-electron chi connectivity index (χ3n) is 2.61. The van der Waals surface area contributed by atoms with Gasteiger partial charge in [-0.05, 0) is 36.6 Å². The van der Waals surface area contributed by atoms with Crippen molar-refractivity contribution in [1.29, 1.82) is 5.26 Å². The molecular formula is C15H12N2OS. The Labute approximate surface area is 116 Å². The fourth-order valence-electron chi connectivity index (χ4n) is 1.67. The van der Waals surface area contributed by atoms with Crippen LogP contribution in [-0.4, -0.2) is 12.2 Å². The van der Waals surface area contributed by atoms with Gasteiger partial charge in [0, 0.05) is 10.5 Å². The molecule has 2 aromatic carbocycles. The predicted octanol–water partition coefficient (Wildman–Crippen LogP) is 3.53. The summed E-state index contributed by atoms with van der Waals surface area (Å²) in [6.07, 6.45) is 1.96. The lowest BCUT2D eigenvalue weighted by Crippen LogP contribution is -2.12. The SMILES string of the molecule is CSc1ccccc1NC(=O)c1cccc(C#N)c1. The Balaban J connectivity index is 2.23. The van der Waals surface area contributed by atoms with Gasteiger partial charge in [-0.2, -0.15) is 5.26 Å². The number of hydrogen-bond donors (Lipinski definition) is 1. The number of benzene rings is 2. The van der Waals surface area contributed by atoms with Crippen LogP contribution in [0.3, 0.4) is 0 Å². The Bertz CT molecular complexity index is 647. The van der Waals surface area contributed by atoms with Crippen molar-refractivity contribution in [3.63, 3.8) is 0 Å². The molecule has 4 heteroatoms. The molecule has 1 N–H and O–H groups in total. The monoisotopic (exact) mass is 268 g/mol. The van der Waals surface area contributed by atoms with E-state index in [4.69, 9.17) is 5.26 Å². The summed E-state index contributed by atoms with van der Waals surface area (Å²) in [5, 5.41) is 11.7. The molecule has 0 saturated carbocycles. The summed E-state index contributed by atoms with van der Waals surface area (Å²) in [6.45, 7) is 0. The molecule has 0 spiro atoms. The van der Waals surface area contributed by atoms with Gasteiger partial charge < -0.3 is 5.32 Å². The van der Waals surface area contributed by atoms with Crippen molar-refractivity contribution in [3.05, 3.63) is 59.7 Å². The third kappa shape index (κ3) is 3.15. The molecule has 2 aromatic rings. The van der Waals surface area contributed by atoms with Crippen molar-refractivity contribution in [2.24, 2.45) is 0 Å². The average molecular weight is 268 g/mol. The number of rotatable bonds is 3. The summed E-state index contributed by atoms with van der Waals surface area (Å²) in [4.78, 5) is 13.1. The number of nitrogens with zero attached hydrogens (tertiary/aromatic N) is 1. The Morgan fingerprint density at radius 2 is 2.00 bits per heavy atom. The van der Waals surface area contributed by atoms with Crippen LogP contribution in [0.15, 0.2) is 53.4 Å². The number of carbonyl (C=O) groups excluding carboxylic acids is 1. The zero-order valence-corrected chi connectivity index (χ0v) is 11.2. The van der Waals surface area contributed by atoms with E-state index in [-0.39, 0.29) is 5.91 Å². The van der Waals surface area contributed by atoms with E-state index in [1.165, 1.54) is 0 Å². The van der Waals surface area contributed by atoms with E-state index in [1.807, 2.05) is 36.6 Å². The van der Waals surface area contributed by atoms with Crippen LogP contribution in [0.5, 0.6) is 0 Å². The van der Waals surface area contributed by atoms with Gasteiger partial charge in [-0.15, -0.1) is 11.8 Å². The van der Waals surface area contributed by atoms with Crippen molar-refractivity contribution in [1.82, 2.24) is 0 Å². The van der Waals surface area contributed by atoms with Crippen molar-refractivity contribution in [3.8, 4) is 6.07 Å². The van der Waals surface area contributed by atoms with Gasteiger partial charge in [-0.25, -0.2) is 0 Å². The Hall–Kier alpha value is -2.25. The van der Waals surface area contributed by atoms with E-state index in [1.54, 1.807) is 36.0 Å². The van der Waals surface area contributed by atoms with E-state index < -0.39 is 0 Å². The summed E-state index contributed by atoms with van der Waals surface area (Å²) >= 11 is 1.57. The number of carbonyl (C=O) groups is 1. The number of hydrogen-bond acceptors (Lipinski definition) is 3. The molecule has 3 nitrogen and oxygen atoms in total. The minimum Gasteiger partial charge on any atom is -0.321 e. The van der Waals surface area contributed by atoms with Gasteiger partial charge in [-0.1, -0.05) is 18.2 Å². The lowest BCUT2D eigenvalue weighted by Gasteiger charge is -2.09. The van der Waals surface area contributed by atoms with Gasteiger partial charge in [0.15, 0.2) is 0 Å². The predicted molar refractivity (Wildman–Crippen MR) is 77.3 cm³/mol. The van der Waals surface area contributed by atoms with Crippen LogP contribution in [0.2, 0.25) is 0 Å². The molecule has 94 valence electrons. The van der Waals surface area contributed by atoms with Gasteiger partial charge in [0.1, 0.15) is 0 Å². The Morgan fingerprint density at radius 1 is 1.21 bits per heavy atom. The minimum atomic E-state index is -0.210. The second kappa shape index (κ2) is 6.07. The van der Waals surface area contributed by atoms with Crippen LogP contribution in [-0.2, 0) is 0 Å². The highest BCUT2D eigenvalue weighted by Crippen LogP contribution is 2.25. The molecule has 1 amide bonds. The maximum absolute atomic E-state index is 12.1. The molecule has 0 aliphatic heterocycles. The number of nitrogens with one attached hydrogen (secondary N) is 1. The topological polar surface area (TPSA) is 52.9 Å².